The summed E-state index contributed by atoms with van der Waals surface area (Å²) in [5, 5.41) is 5.87. The van der Waals surface area contributed by atoms with Crippen LogP contribution in [-0.2, 0) is 6.42 Å². The van der Waals surface area contributed by atoms with E-state index in [1.165, 1.54) is 18.5 Å². The normalized spacial score (nSPS) is 10.5. The zero-order valence-corrected chi connectivity index (χ0v) is 14.8. The van der Waals surface area contributed by atoms with Gasteiger partial charge in [0.05, 0.1) is 5.56 Å². The Bertz CT molecular complexity index is 913. The first-order valence-electron chi connectivity index (χ1n) is 8.08. The molecular formula is C19H15ClF2N4O. The Kier molecular flexibility index (Phi) is 5.93. The Balaban J connectivity index is 1.56. The average Bonchev–Trinajstić information content (AvgIpc) is 2.67. The zero-order chi connectivity index (χ0) is 19.2. The first kappa shape index (κ1) is 18.7. The van der Waals surface area contributed by atoms with Crippen LogP contribution >= 0.6 is 11.6 Å². The number of nitrogens with one attached hydrogen (secondary N) is 2. The van der Waals surface area contributed by atoms with Crippen LogP contribution in [0, 0.1) is 11.6 Å². The van der Waals surface area contributed by atoms with E-state index >= 15 is 0 Å². The van der Waals surface area contributed by atoms with Crippen molar-refractivity contribution in [2.45, 2.75) is 6.42 Å². The Morgan fingerprint density at radius 3 is 2.26 bits per heavy atom. The molecule has 0 radical (unpaired) electrons. The van der Waals surface area contributed by atoms with Crippen molar-refractivity contribution in [1.29, 1.82) is 0 Å². The summed E-state index contributed by atoms with van der Waals surface area (Å²) in [7, 11) is 0. The van der Waals surface area contributed by atoms with Gasteiger partial charge in [-0.3, -0.25) is 4.79 Å². The van der Waals surface area contributed by atoms with Crippen LogP contribution in [0.3, 0.4) is 0 Å². The lowest BCUT2D eigenvalue weighted by Gasteiger charge is -2.08. The molecule has 0 fully saturated rings. The summed E-state index contributed by atoms with van der Waals surface area (Å²) < 4.78 is 27.2. The molecule has 0 atom stereocenters. The number of anilines is 2. The maximum Gasteiger partial charge on any atom is 0.254 e. The van der Waals surface area contributed by atoms with Crippen LogP contribution in [0.2, 0.25) is 5.02 Å². The predicted octanol–water partition coefficient (Wildman–Crippen LogP) is 4.12. The molecule has 5 nitrogen and oxygen atoms in total. The lowest BCUT2D eigenvalue weighted by Crippen LogP contribution is -2.26. The summed E-state index contributed by atoms with van der Waals surface area (Å²) in [5.74, 6) is -1.88. The lowest BCUT2D eigenvalue weighted by atomic mass is 10.1. The molecular weight excluding hydrogens is 374 g/mol. The van der Waals surface area contributed by atoms with Gasteiger partial charge in [0.1, 0.15) is 17.3 Å². The van der Waals surface area contributed by atoms with Crippen LogP contribution in [0.25, 0.3) is 0 Å². The van der Waals surface area contributed by atoms with E-state index in [9.17, 15) is 13.6 Å². The van der Waals surface area contributed by atoms with Crippen molar-refractivity contribution in [2.75, 3.05) is 11.9 Å². The predicted molar refractivity (Wildman–Crippen MR) is 99.2 cm³/mol. The maximum atomic E-state index is 13.6. The Hall–Kier alpha value is -3.06. The molecule has 0 aliphatic rings. The topological polar surface area (TPSA) is 66.9 Å². The van der Waals surface area contributed by atoms with Crippen molar-refractivity contribution in [1.82, 2.24) is 15.3 Å². The van der Waals surface area contributed by atoms with Crippen molar-refractivity contribution in [3.63, 3.8) is 0 Å². The molecule has 0 unspecified atom stereocenters. The summed E-state index contributed by atoms with van der Waals surface area (Å²) in [6.07, 6.45) is 3.22. The molecule has 3 rings (SSSR count). The molecule has 8 heteroatoms. The third-order valence-corrected chi connectivity index (χ3v) is 3.98. The van der Waals surface area contributed by atoms with E-state index in [0.29, 0.717) is 18.0 Å². The smallest absolute Gasteiger partial charge is 0.254 e. The number of carbonyl (C=O) groups excluding carboxylic acids is 1. The number of hydrogen-bond donors (Lipinski definition) is 2. The van der Waals surface area contributed by atoms with E-state index in [-0.39, 0.29) is 23.1 Å². The first-order valence-corrected chi connectivity index (χ1v) is 8.46. The van der Waals surface area contributed by atoms with Gasteiger partial charge < -0.3 is 10.6 Å². The third kappa shape index (κ3) is 4.98. The number of aromatic nitrogens is 2. The molecule has 138 valence electrons. The number of halogens is 3. The highest BCUT2D eigenvalue weighted by molar-refractivity contribution is 6.30. The SMILES string of the molecule is O=C(NCCc1ccc(Cl)cc1)c1cnc(Nc2c(F)cccc2F)nc1. The first-order chi connectivity index (χ1) is 13.0. The van der Waals surface area contributed by atoms with Crippen LogP contribution in [0.1, 0.15) is 15.9 Å². The van der Waals surface area contributed by atoms with E-state index in [1.54, 1.807) is 12.1 Å². The summed E-state index contributed by atoms with van der Waals surface area (Å²) in [4.78, 5) is 20.0. The number of amides is 1. The number of hydrogen-bond acceptors (Lipinski definition) is 4. The molecule has 0 spiro atoms. The molecule has 27 heavy (non-hydrogen) atoms. The van der Waals surface area contributed by atoms with Gasteiger partial charge in [-0.2, -0.15) is 0 Å². The highest BCUT2D eigenvalue weighted by Gasteiger charge is 2.11. The van der Waals surface area contributed by atoms with Gasteiger partial charge in [0.25, 0.3) is 5.91 Å². The van der Waals surface area contributed by atoms with Gasteiger partial charge in [-0.05, 0) is 36.2 Å². The van der Waals surface area contributed by atoms with Crippen LogP contribution in [0.5, 0.6) is 0 Å². The quantitative estimate of drug-likeness (QED) is 0.666. The summed E-state index contributed by atoms with van der Waals surface area (Å²) in [5.41, 5.74) is 0.936. The highest BCUT2D eigenvalue weighted by atomic mass is 35.5. The molecule has 1 heterocycles. The van der Waals surface area contributed by atoms with Gasteiger partial charge in [-0.15, -0.1) is 0 Å². The third-order valence-electron chi connectivity index (χ3n) is 3.73. The number of nitrogens with zero attached hydrogens (tertiary/aromatic N) is 2. The Labute approximate surface area is 159 Å². The van der Waals surface area contributed by atoms with E-state index in [1.807, 2.05) is 12.1 Å². The van der Waals surface area contributed by atoms with Crippen LogP contribution in [-0.4, -0.2) is 22.4 Å². The maximum absolute atomic E-state index is 13.6. The summed E-state index contributed by atoms with van der Waals surface area (Å²) in [6.45, 7) is 0.431. The van der Waals surface area contributed by atoms with E-state index in [0.717, 1.165) is 17.7 Å². The van der Waals surface area contributed by atoms with E-state index in [4.69, 9.17) is 11.6 Å². The molecule has 2 aromatic carbocycles. The monoisotopic (exact) mass is 388 g/mol. The molecule has 0 bridgehead atoms. The van der Waals surface area contributed by atoms with Gasteiger partial charge in [0, 0.05) is 24.0 Å². The van der Waals surface area contributed by atoms with Crippen LogP contribution in [0.4, 0.5) is 20.4 Å². The fourth-order valence-corrected chi connectivity index (χ4v) is 2.44. The molecule has 3 aromatic rings. The highest BCUT2D eigenvalue weighted by Crippen LogP contribution is 2.20. The number of rotatable bonds is 6. The fraction of sp³-hybridized carbons (Fsp3) is 0.105. The number of benzene rings is 2. The molecule has 0 saturated carbocycles. The second-order valence-electron chi connectivity index (χ2n) is 5.65. The van der Waals surface area contributed by atoms with Gasteiger partial charge in [0.15, 0.2) is 0 Å². The van der Waals surface area contributed by atoms with Crippen LogP contribution in [0.15, 0.2) is 54.9 Å². The molecule has 2 N–H and O–H groups in total. The summed E-state index contributed by atoms with van der Waals surface area (Å²) >= 11 is 5.83. The Morgan fingerprint density at radius 2 is 1.63 bits per heavy atom. The Morgan fingerprint density at radius 1 is 1.00 bits per heavy atom. The van der Waals surface area contributed by atoms with Crippen molar-refractivity contribution < 1.29 is 13.6 Å². The molecule has 1 aromatic heterocycles. The second-order valence-corrected chi connectivity index (χ2v) is 6.09. The molecule has 0 aliphatic carbocycles. The van der Waals surface area contributed by atoms with Crippen LogP contribution < -0.4 is 10.6 Å². The van der Waals surface area contributed by atoms with Gasteiger partial charge >= 0.3 is 0 Å². The van der Waals surface area contributed by atoms with Gasteiger partial charge in [0.2, 0.25) is 5.95 Å². The largest absolute Gasteiger partial charge is 0.352 e. The van der Waals surface area contributed by atoms with Crippen molar-refractivity contribution in [2.24, 2.45) is 0 Å². The number of para-hydroxylation sites is 1. The van der Waals surface area contributed by atoms with Crippen molar-refractivity contribution in [3.8, 4) is 0 Å². The average molecular weight is 389 g/mol. The molecule has 0 saturated heterocycles. The zero-order valence-electron chi connectivity index (χ0n) is 14.0. The lowest BCUT2D eigenvalue weighted by molar-refractivity contribution is 0.0953. The minimum absolute atomic E-state index is 0.0169. The van der Waals surface area contributed by atoms with Gasteiger partial charge in [-0.1, -0.05) is 29.8 Å². The second kappa shape index (κ2) is 8.55. The minimum Gasteiger partial charge on any atom is -0.352 e. The fourth-order valence-electron chi connectivity index (χ4n) is 2.31. The summed E-state index contributed by atoms with van der Waals surface area (Å²) in [6, 6.07) is 10.9. The van der Waals surface area contributed by atoms with E-state index in [2.05, 4.69) is 20.6 Å². The molecule has 0 aliphatic heterocycles. The standard InChI is InChI=1S/C19H15ClF2N4O/c20-14-6-4-12(5-7-14)8-9-23-18(27)13-10-24-19(25-11-13)26-17-15(21)2-1-3-16(17)22/h1-7,10-11H,8-9H2,(H,23,27)(H,24,25,26). The minimum atomic E-state index is -0.761. The van der Waals surface area contributed by atoms with E-state index < -0.39 is 11.6 Å². The van der Waals surface area contributed by atoms with Crippen molar-refractivity contribution >= 4 is 29.1 Å². The number of carbonyl (C=O) groups is 1. The molecule has 1 amide bonds. The van der Waals surface area contributed by atoms with Gasteiger partial charge in [-0.25, -0.2) is 18.7 Å². The van der Waals surface area contributed by atoms with Crippen molar-refractivity contribution in [3.05, 3.63) is 82.6 Å².